The van der Waals surface area contributed by atoms with Crippen molar-refractivity contribution < 1.29 is 5.11 Å². The molecule has 0 amide bonds. The molecule has 1 N–H and O–H groups in total. The lowest BCUT2D eigenvalue weighted by atomic mass is 9.85. The van der Waals surface area contributed by atoms with Gasteiger partial charge in [-0.25, -0.2) is 0 Å². The minimum atomic E-state index is -0.517. The second-order valence-electron chi connectivity index (χ2n) is 4.80. The summed E-state index contributed by atoms with van der Waals surface area (Å²) in [5, 5.41) is 10.5. The monoisotopic (exact) mass is 283 g/mol. The number of piperidine rings is 1. The molecule has 0 aliphatic carbocycles. The number of benzene rings is 1. The van der Waals surface area contributed by atoms with E-state index >= 15 is 0 Å². The van der Waals surface area contributed by atoms with Crippen molar-refractivity contribution in [1.82, 2.24) is 4.90 Å². The Labute approximate surface area is 105 Å². The van der Waals surface area contributed by atoms with Gasteiger partial charge in [0.2, 0.25) is 0 Å². The number of aliphatic hydroxyl groups is 1. The SMILES string of the molecule is CN1CCC(O)(Cc2ccccc2Br)CC1. The molecule has 1 aromatic rings. The van der Waals surface area contributed by atoms with Crippen LogP contribution in [-0.2, 0) is 6.42 Å². The van der Waals surface area contributed by atoms with E-state index in [9.17, 15) is 5.11 Å². The van der Waals surface area contributed by atoms with Gasteiger partial charge >= 0.3 is 0 Å². The molecular weight excluding hydrogens is 266 g/mol. The predicted molar refractivity (Wildman–Crippen MR) is 69.5 cm³/mol. The van der Waals surface area contributed by atoms with E-state index in [0.717, 1.165) is 36.8 Å². The number of rotatable bonds is 2. The molecule has 0 spiro atoms. The Morgan fingerprint density at radius 3 is 2.56 bits per heavy atom. The highest BCUT2D eigenvalue weighted by Crippen LogP contribution is 2.28. The lowest BCUT2D eigenvalue weighted by molar-refractivity contribution is -0.0151. The normalized spacial score (nSPS) is 20.9. The van der Waals surface area contributed by atoms with Crippen molar-refractivity contribution >= 4 is 15.9 Å². The van der Waals surface area contributed by atoms with Crippen LogP contribution < -0.4 is 0 Å². The van der Waals surface area contributed by atoms with Crippen LogP contribution in [0.15, 0.2) is 28.7 Å². The number of likely N-dealkylation sites (tertiary alicyclic amines) is 1. The van der Waals surface area contributed by atoms with Gasteiger partial charge in [0.1, 0.15) is 0 Å². The quantitative estimate of drug-likeness (QED) is 0.901. The van der Waals surface area contributed by atoms with E-state index in [1.165, 1.54) is 5.56 Å². The number of hydrogen-bond acceptors (Lipinski definition) is 2. The summed E-state index contributed by atoms with van der Waals surface area (Å²) in [6.45, 7) is 1.97. The maximum Gasteiger partial charge on any atom is 0.0712 e. The van der Waals surface area contributed by atoms with Crippen molar-refractivity contribution in [2.45, 2.75) is 24.9 Å². The van der Waals surface area contributed by atoms with Crippen LogP contribution in [-0.4, -0.2) is 35.7 Å². The van der Waals surface area contributed by atoms with Crippen molar-refractivity contribution in [3.63, 3.8) is 0 Å². The Bertz CT molecular complexity index is 359. The Hall–Kier alpha value is -0.380. The molecule has 0 saturated carbocycles. The third kappa shape index (κ3) is 2.84. The molecule has 1 fully saturated rings. The molecule has 1 aliphatic heterocycles. The van der Waals surface area contributed by atoms with Crippen molar-refractivity contribution in [2.75, 3.05) is 20.1 Å². The zero-order valence-electron chi connectivity index (χ0n) is 9.62. The van der Waals surface area contributed by atoms with Crippen LogP contribution in [0, 0.1) is 0 Å². The van der Waals surface area contributed by atoms with Crippen molar-refractivity contribution in [1.29, 1.82) is 0 Å². The number of halogens is 1. The second kappa shape index (κ2) is 4.86. The lowest BCUT2D eigenvalue weighted by Gasteiger charge is -2.36. The third-order valence-electron chi connectivity index (χ3n) is 3.40. The summed E-state index contributed by atoms with van der Waals surface area (Å²) < 4.78 is 1.10. The zero-order chi connectivity index (χ0) is 11.6. The molecule has 3 heteroatoms. The van der Waals surface area contributed by atoms with E-state index in [0.29, 0.717) is 0 Å². The molecule has 0 bridgehead atoms. The van der Waals surface area contributed by atoms with Gasteiger partial charge in [-0.15, -0.1) is 0 Å². The minimum absolute atomic E-state index is 0.517. The topological polar surface area (TPSA) is 23.5 Å². The summed E-state index contributed by atoms with van der Waals surface area (Å²) in [6.07, 6.45) is 2.48. The highest BCUT2D eigenvalue weighted by atomic mass is 79.9. The highest BCUT2D eigenvalue weighted by Gasteiger charge is 2.31. The van der Waals surface area contributed by atoms with Crippen LogP contribution in [0.25, 0.3) is 0 Å². The largest absolute Gasteiger partial charge is 0.389 e. The fourth-order valence-electron chi connectivity index (χ4n) is 2.21. The average molecular weight is 284 g/mol. The van der Waals surface area contributed by atoms with Gasteiger partial charge in [-0.2, -0.15) is 0 Å². The van der Waals surface area contributed by atoms with Gasteiger partial charge in [-0.1, -0.05) is 34.1 Å². The molecule has 1 heterocycles. The molecule has 1 aromatic carbocycles. The van der Waals surface area contributed by atoms with Crippen molar-refractivity contribution in [3.8, 4) is 0 Å². The van der Waals surface area contributed by atoms with Gasteiger partial charge in [0, 0.05) is 24.0 Å². The Morgan fingerprint density at radius 2 is 1.94 bits per heavy atom. The predicted octanol–water partition coefficient (Wildman–Crippen LogP) is 2.45. The fourth-order valence-corrected chi connectivity index (χ4v) is 2.63. The van der Waals surface area contributed by atoms with E-state index < -0.39 is 5.60 Å². The lowest BCUT2D eigenvalue weighted by Crippen LogP contribution is -2.44. The standard InChI is InChI=1S/C13H18BrNO/c1-15-8-6-13(16,7-9-15)10-11-4-2-3-5-12(11)14/h2-5,16H,6-10H2,1H3. The van der Waals surface area contributed by atoms with Crippen molar-refractivity contribution in [3.05, 3.63) is 34.3 Å². The molecule has 88 valence electrons. The summed E-state index contributed by atoms with van der Waals surface area (Å²) >= 11 is 3.54. The molecule has 16 heavy (non-hydrogen) atoms. The number of hydrogen-bond donors (Lipinski definition) is 1. The van der Waals surface area contributed by atoms with E-state index in [1.54, 1.807) is 0 Å². The van der Waals surface area contributed by atoms with Crippen LogP contribution in [0.1, 0.15) is 18.4 Å². The van der Waals surface area contributed by atoms with Gasteiger partial charge in [-0.05, 0) is 31.5 Å². The van der Waals surface area contributed by atoms with Gasteiger partial charge in [0.15, 0.2) is 0 Å². The van der Waals surface area contributed by atoms with Gasteiger partial charge < -0.3 is 10.0 Å². The molecule has 1 aliphatic rings. The Balaban J connectivity index is 2.07. The van der Waals surface area contributed by atoms with Crippen molar-refractivity contribution in [2.24, 2.45) is 0 Å². The molecule has 2 nitrogen and oxygen atoms in total. The first-order valence-electron chi connectivity index (χ1n) is 5.73. The fraction of sp³-hybridized carbons (Fsp3) is 0.538. The molecule has 0 atom stereocenters. The Morgan fingerprint density at radius 1 is 1.31 bits per heavy atom. The third-order valence-corrected chi connectivity index (χ3v) is 4.17. The van der Waals surface area contributed by atoms with Crippen LogP contribution in [0.4, 0.5) is 0 Å². The second-order valence-corrected chi connectivity index (χ2v) is 5.65. The summed E-state index contributed by atoms with van der Waals surface area (Å²) in [5.41, 5.74) is 0.686. The molecule has 0 unspecified atom stereocenters. The Kier molecular flexibility index (Phi) is 3.67. The summed E-state index contributed by atoms with van der Waals surface area (Å²) in [7, 11) is 2.11. The first-order valence-corrected chi connectivity index (χ1v) is 6.53. The molecule has 0 radical (unpaired) electrons. The van der Waals surface area contributed by atoms with Crippen LogP contribution in [0.2, 0.25) is 0 Å². The van der Waals surface area contributed by atoms with E-state index in [1.807, 2.05) is 18.2 Å². The van der Waals surface area contributed by atoms with E-state index in [4.69, 9.17) is 0 Å². The first kappa shape index (κ1) is 12.1. The maximum atomic E-state index is 10.5. The first-order chi connectivity index (χ1) is 7.59. The van der Waals surface area contributed by atoms with Crippen LogP contribution in [0.3, 0.4) is 0 Å². The highest BCUT2D eigenvalue weighted by molar-refractivity contribution is 9.10. The molecular formula is C13H18BrNO. The zero-order valence-corrected chi connectivity index (χ0v) is 11.2. The minimum Gasteiger partial charge on any atom is -0.389 e. The van der Waals surface area contributed by atoms with Gasteiger partial charge in [-0.3, -0.25) is 0 Å². The van der Waals surface area contributed by atoms with Gasteiger partial charge in [0.25, 0.3) is 0 Å². The summed E-state index contributed by atoms with van der Waals surface area (Å²) in [5.74, 6) is 0. The molecule has 1 saturated heterocycles. The number of nitrogens with zero attached hydrogens (tertiary/aromatic N) is 1. The van der Waals surface area contributed by atoms with E-state index in [-0.39, 0.29) is 0 Å². The molecule has 2 rings (SSSR count). The smallest absolute Gasteiger partial charge is 0.0712 e. The van der Waals surface area contributed by atoms with Crippen LogP contribution >= 0.6 is 15.9 Å². The molecule has 0 aromatic heterocycles. The summed E-state index contributed by atoms with van der Waals surface area (Å²) in [6, 6.07) is 8.15. The average Bonchev–Trinajstić information content (AvgIpc) is 2.27. The van der Waals surface area contributed by atoms with E-state index in [2.05, 4.69) is 33.9 Å². The summed E-state index contributed by atoms with van der Waals surface area (Å²) in [4.78, 5) is 2.27. The maximum absolute atomic E-state index is 10.5. The van der Waals surface area contributed by atoms with Crippen LogP contribution in [0.5, 0.6) is 0 Å². The van der Waals surface area contributed by atoms with Gasteiger partial charge in [0.05, 0.1) is 5.60 Å².